The Hall–Kier alpha value is -2.21. The van der Waals surface area contributed by atoms with Gasteiger partial charge in [-0.05, 0) is 24.6 Å². The predicted molar refractivity (Wildman–Crippen MR) is 74.1 cm³/mol. The molecule has 3 aromatic rings. The van der Waals surface area contributed by atoms with Gasteiger partial charge in [-0.3, -0.25) is 0 Å². The molecule has 90 valence electrons. The Labute approximate surface area is 108 Å². The van der Waals surface area contributed by atoms with Crippen LogP contribution in [0.1, 0.15) is 5.56 Å². The number of nitrogen functional groups attached to an aromatic ring is 1. The van der Waals surface area contributed by atoms with E-state index in [1.807, 2.05) is 12.1 Å². The maximum atomic E-state index is 5.73. The third kappa shape index (κ3) is 1.98. The van der Waals surface area contributed by atoms with Crippen molar-refractivity contribution >= 4 is 38.3 Å². The molecule has 3 rings (SSSR count). The van der Waals surface area contributed by atoms with Crippen molar-refractivity contribution in [2.75, 3.05) is 11.1 Å². The van der Waals surface area contributed by atoms with Crippen LogP contribution in [0.2, 0.25) is 0 Å². The molecule has 0 aliphatic heterocycles. The van der Waals surface area contributed by atoms with Crippen molar-refractivity contribution in [3.05, 3.63) is 36.2 Å². The minimum atomic E-state index is 0.368. The Morgan fingerprint density at radius 3 is 2.89 bits per heavy atom. The molecule has 0 unspecified atom stereocenters. The summed E-state index contributed by atoms with van der Waals surface area (Å²) in [6.07, 6.45) is 3.15. The number of anilines is 3. The summed E-state index contributed by atoms with van der Waals surface area (Å²) in [5.74, 6) is 0.904. The Morgan fingerprint density at radius 1 is 1.22 bits per heavy atom. The lowest BCUT2D eigenvalue weighted by Crippen LogP contribution is -2.00. The second-order valence-electron chi connectivity index (χ2n) is 3.91. The first-order valence-electron chi connectivity index (χ1n) is 5.43. The SMILES string of the molecule is Cc1ccc2nc(Nc3nccnc3N)sc2c1. The molecule has 1 aromatic carbocycles. The van der Waals surface area contributed by atoms with Gasteiger partial charge in [0.15, 0.2) is 16.8 Å². The molecule has 0 aliphatic rings. The predicted octanol–water partition coefficient (Wildman–Crippen LogP) is 2.72. The van der Waals surface area contributed by atoms with Crippen LogP contribution < -0.4 is 11.1 Å². The van der Waals surface area contributed by atoms with E-state index < -0.39 is 0 Å². The molecule has 2 aromatic heterocycles. The van der Waals surface area contributed by atoms with Crippen LogP contribution in [0.5, 0.6) is 0 Å². The lowest BCUT2D eigenvalue weighted by molar-refractivity contribution is 1.20. The summed E-state index contributed by atoms with van der Waals surface area (Å²) < 4.78 is 1.14. The molecule has 0 saturated carbocycles. The van der Waals surface area contributed by atoms with Crippen LogP contribution in [-0.4, -0.2) is 15.0 Å². The Kier molecular flexibility index (Phi) is 2.56. The third-order valence-electron chi connectivity index (χ3n) is 2.50. The quantitative estimate of drug-likeness (QED) is 0.738. The molecule has 5 nitrogen and oxygen atoms in total. The van der Waals surface area contributed by atoms with Gasteiger partial charge in [-0.1, -0.05) is 17.4 Å². The summed E-state index contributed by atoms with van der Waals surface area (Å²) in [5.41, 5.74) is 7.91. The number of fused-ring (bicyclic) bond motifs is 1. The van der Waals surface area contributed by atoms with Gasteiger partial charge in [0.1, 0.15) is 0 Å². The number of hydrogen-bond acceptors (Lipinski definition) is 6. The fourth-order valence-electron chi connectivity index (χ4n) is 1.63. The molecule has 0 atom stereocenters. The van der Waals surface area contributed by atoms with Gasteiger partial charge >= 0.3 is 0 Å². The Balaban J connectivity index is 1.98. The van der Waals surface area contributed by atoms with Crippen molar-refractivity contribution < 1.29 is 0 Å². The number of aryl methyl sites for hydroxylation is 1. The van der Waals surface area contributed by atoms with E-state index >= 15 is 0 Å². The lowest BCUT2D eigenvalue weighted by Gasteiger charge is -2.02. The third-order valence-corrected chi connectivity index (χ3v) is 3.43. The molecule has 0 radical (unpaired) electrons. The smallest absolute Gasteiger partial charge is 0.189 e. The van der Waals surface area contributed by atoms with Gasteiger partial charge in [-0.25, -0.2) is 15.0 Å². The normalized spacial score (nSPS) is 10.7. The van der Waals surface area contributed by atoms with Crippen LogP contribution in [0.25, 0.3) is 10.2 Å². The number of nitrogens with zero attached hydrogens (tertiary/aromatic N) is 3. The molecule has 0 bridgehead atoms. The maximum Gasteiger partial charge on any atom is 0.189 e. The highest BCUT2D eigenvalue weighted by Gasteiger charge is 2.07. The molecule has 0 aliphatic carbocycles. The van der Waals surface area contributed by atoms with E-state index in [1.54, 1.807) is 23.7 Å². The van der Waals surface area contributed by atoms with Crippen molar-refractivity contribution in [3.8, 4) is 0 Å². The average Bonchev–Trinajstić information content (AvgIpc) is 2.73. The Bertz CT molecular complexity index is 707. The van der Waals surface area contributed by atoms with Crippen LogP contribution in [0.15, 0.2) is 30.6 Å². The molecule has 0 amide bonds. The lowest BCUT2D eigenvalue weighted by atomic mass is 10.2. The van der Waals surface area contributed by atoms with Gasteiger partial charge in [0.2, 0.25) is 0 Å². The first kappa shape index (κ1) is 10.9. The summed E-state index contributed by atoms with van der Waals surface area (Å²) in [6, 6.07) is 6.16. The van der Waals surface area contributed by atoms with E-state index in [4.69, 9.17) is 5.73 Å². The molecule has 3 N–H and O–H groups in total. The average molecular weight is 257 g/mol. The fourth-order valence-corrected chi connectivity index (χ4v) is 2.59. The molecule has 2 heterocycles. The molecular weight excluding hydrogens is 246 g/mol. The fraction of sp³-hybridized carbons (Fsp3) is 0.0833. The molecule has 0 fully saturated rings. The van der Waals surface area contributed by atoms with E-state index in [2.05, 4.69) is 33.3 Å². The standard InChI is InChI=1S/C12H11N5S/c1-7-2-3-8-9(6-7)18-12(16-8)17-11-10(13)14-4-5-15-11/h2-6H,1H3,(H2,13,14)(H,15,16,17). The number of rotatable bonds is 2. The molecule has 18 heavy (non-hydrogen) atoms. The highest BCUT2D eigenvalue weighted by atomic mass is 32.1. The van der Waals surface area contributed by atoms with E-state index in [0.29, 0.717) is 11.6 Å². The van der Waals surface area contributed by atoms with Gasteiger partial charge < -0.3 is 11.1 Å². The first-order chi connectivity index (χ1) is 8.72. The van der Waals surface area contributed by atoms with Crippen molar-refractivity contribution in [3.63, 3.8) is 0 Å². The van der Waals surface area contributed by atoms with Crippen LogP contribution in [0, 0.1) is 6.92 Å². The summed E-state index contributed by atoms with van der Waals surface area (Å²) in [6.45, 7) is 2.06. The zero-order valence-electron chi connectivity index (χ0n) is 9.71. The molecular formula is C12H11N5S. The van der Waals surface area contributed by atoms with Crippen molar-refractivity contribution in [2.24, 2.45) is 0 Å². The highest BCUT2D eigenvalue weighted by Crippen LogP contribution is 2.29. The molecule has 6 heteroatoms. The zero-order valence-corrected chi connectivity index (χ0v) is 10.5. The highest BCUT2D eigenvalue weighted by molar-refractivity contribution is 7.22. The maximum absolute atomic E-state index is 5.73. The van der Waals surface area contributed by atoms with E-state index in [0.717, 1.165) is 15.3 Å². The van der Waals surface area contributed by atoms with Gasteiger partial charge in [-0.2, -0.15) is 0 Å². The van der Waals surface area contributed by atoms with E-state index in [9.17, 15) is 0 Å². The first-order valence-corrected chi connectivity index (χ1v) is 6.25. The summed E-state index contributed by atoms with van der Waals surface area (Å²) >= 11 is 1.57. The number of benzene rings is 1. The second kappa shape index (κ2) is 4.23. The molecule has 0 saturated heterocycles. The number of hydrogen-bond donors (Lipinski definition) is 2. The topological polar surface area (TPSA) is 76.7 Å². The summed E-state index contributed by atoms with van der Waals surface area (Å²) in [4.78, 5) is 12.6. The van der Waals surface area contributed by atoms with E-state index in [-0.39, 0.29) is 0 Å². The summed E-state index contributed by atoms with van der Waals surface area (Å²) in [7, 11) is 0. The van der Waals surface area contributed by atoms with Crippen LogP contribution in [0.4, 0.5) is 16.8 Å². The van der Waals surface area contributed by atoms with Crippen LogP contribution in [-0.2, 0) is 0 Å². The van der Waals surface area contributed by atoms with Crippen molar-refractivity contribution in [1.82, 2.24) is 15.0 Å². The number of nitrogens with one attached hydrogen (secondary N) is 1. The van der Waals surface area contributed by atoms with Gasteiger partial charge in [0, 0.05) is 12.4 Å². The minimum absolute atomic E-state index is 0.368. The second-order valence-corrected chi connectivity index (χ2v) is 4.94. The van der Waals surface area contributed by atoms with Crippen molar-refractivity contribution in [2.45, 2.75) is 6.92 Å². The van der Waals surface area contributed by atoms with Gasteiger partial charge in [0.05, 0.1) is 10.2 Å². The summed E-state index contributed by atoms with van der Waals surface area (Å²) in [5, 5.41) is 3.86. The number of aromatic nitrogens is 3. The Morgan fingerprint density at radius 2 is 2.06 bits per heavy atom. The van der Waals surface area contributed by atoms with Crippen LogP contribution >= 0.6 is 11.3 Å². The zero-order chi connectivity index (χ0) is 12.5. The monoisotopic (exact) mass is 257 g/mol. The number of thiazole rings is 1. The van der Waals surface area contributed by atoms with Gasteiger partial charge in [0.25, 0.3) is 0 Å². The van der Waals surface area contributed by atoms with Gasteiger partial charge in [-0.15, -0.1) is 0 Å². The largest absolute Gasteiger partial charge is 0.381 e. The minimum Gasteiger partial charge on any atom is -0.381 e. The van der Waals surface area contributed by atoms with Crippen molar-refractivity contribution in [1.29, 1.82) is 0 Å². The molecule has 0 spiro atoms. The van der Waals surface area contributed by atoms with Crippen LogP contribution in [0.3, 0.4) is 0 Å². The van der Waals surface area contributed by atoms with E-state index in [1.165, 1.54) is 5.56 Å². The number of nitrogens with two attached hydrogens (primary N) is 1.